The van der Waals surface area contributed by atoms with Crippen molar-refractivity contribution in [3.63, 3.8) is 0 Å². The lowest BCUT2D eigenvalue weighted by Gasteiger charge is -2.03. The normalized spacial score (nSPS) is 11.4. The van der Waals surface area contributed by atoms with E-state index < -0.39 is 0 Å². The third kappa shape index (κ3) is 3.85. The maximum absolute atomic E-state index is 13.0. The van der Waals surface area contributed by atoms with Gasteiger partial charge < -0.3 is 0 Å². The molecule has 25 heavy (non-hydrogen) atoms. The van der Waals surface area contributed by atoms with Crippen molar-refractivity contribution in [3.05, 3.63) is 76.1 Å². The minimum atomic E-state index is -0.288. The second kappa shape index (κ2) is 7.03. The number of carbonyl (C=O) groups is 1. The Morgan fingerprint density at radius 1 is 1.32 bits per heavy atom. The number of hydrogen-bond donors (Lipinski definition) is 0. The number of carbonyl (C=O) groups excluding carboxylic acids is 1. The van der Waals surface area contributed by atoms with Crippen molar-refractivity contribution >= 4 is 23.5 Å². The summed E-state index contributed by atoms with van der Waals surface area (Å²) in [6.07, 6.45) is 6.27. The van der Waals surface area contributed by atoms with Gasteiger partial charge in [0.15, 0.2) is 5.78 Å². The molecule has 2 heterocycles. The summed E-state index contributed by atoms with van der Waals surface area (Å²) in [7, 11) is 1.75. The Hall–Kier alpha value is -2.73. The van der Waals surface area contributed by atoms with Crippen LogP contribution in [0.5, 0.6) is 0 Å². The second-order valence-electron chi connectivity index (χ2n) is 5.67. The van der Waals surface area contributed by atoms with Gasteiger partial charge in [0.05, 0.1) is 24.0 Å². The summed E-state index contributed by atoms with van der Waals surface area (Å²) in [6.45, 7) is 2.24. The topological polar surface area (TPSA) is 52.7 Å². The van der Waals surface area contributed by atoms with Crippen molar-refractivity contribution in [2.45, 2.75) is 13.5 Å². The number of benzene rings is 1. The van der Waals surface area contributed by atoms with E-state index in [0.29, 0.717) is 28.5 Å². The fraction of sp³-hybridized carbons (Fsp3) is 0.167. The molecule has 0 spiro atoms. The first-order valence-corrected chi connectivity index (χ1v) is 8.00. The highest BCUT2D eigenvalue weighted by Gasteiger charge is 2.12. The third-order valence-electron chi connectivity index (χ3n) is 3.75. The Morgan fingerprint density at radius 2 is 2.04 bits per heavy atom. The molecule has 0 atom stereocenters. The Morgan fingerprint density at radius 3 is 2.68 bits per heavy atom. The zero-order valence-electron chi connectivity index (χ0n) is 13.8. The molecule has 0 saturated carbocycles. The number of nitrogens with zero attached hydrogens (tertiary/aromatic N) is 4. The van der Waals surface area contributed by atoms with E-state index in [1.807, 2.05) is 6.92 Å². The van der Waals surface area contributed by atoms with Gasteiger partial charge in [-0.2, -0.15) is 10.2 Å². The lowest BCUT2D eigenvalue weighted by molar-refractivity contribution is 0.104. The van der Waals surface area contributed by atoms with Crippen molar-refractivity contribution in [1.29, 1.82) is 0 Å². The molecule has 0 bridgehead atoms. The number of halogens is 2. The summed E-state index contributed by atoms with van der Waals surface area (Å²) in [4.78, 5) is 12.1. The monoisotopic (exact) mass is 358 g/mol. The molecule has 0 aliphatic rings. The molecule has 3 rings (SSSR count). The maximum atomic E-state index is 13.0. The molecule has 0 fully saturated rings. The van der Waals surface area contributed by atoms with Crippen molar-refractivity contribution in [3.8, 4) is 0 Å². The smallest absolute Gasteiger partial charge is 0.189 e. The SMILES string of the molecule is Cc1nn(Cc2ccc(F)cc2)c(Cl)c1/C=C/C(=O)c1cnn(C)c1. The van der Waals surface area contributed by atoms with E-state index in [1.165, 1.54) is 24.4 Å². The fourth-order valence-electron chi connectivity index (χ4n) is 2.43. The van der Waals surface area contributed by atoms with Crippen LogP contribution in [0.25, 0.3) is 6.08 Å². The maximum Gasteiger partial charge on any atom is 0.189 e. The molecule has 0 unspecified atom stereocenters. The summed E-state index contributed by atoms with van der Waals surface area (Å²) in [5.41, 5.74) is 2.78. The van der Waals surface area contributed by atoms with Crippen LogP contribution in [0.1, 0.15) is 27.2 Å². The number of hydrogen-bond acceptors (Lipinski definition) is 3. The molecule has 0 N–H and O–H groups in total. The van der Waals surface area contributed by atoms with Crippen LogP contribution in [0.15, 0.2) is 42.7 Å². The van der Waals surface area contributed by atoms with Crippen LogP contribution in [0, 0.1) is 12.7 Å². The van der Waals surface area contributed by atoms with Crippen LogP contribution in [0.3, 0.4) is 0 Å². The molecule has 0 radical (unpaired) electrons. The molecule has 0 aliphatic carbocycles. The quantitative estimate of drug-likeness (QED) is 0.516. The van der Waals surface area contributed by atoms with Gasteiger partial charge in [0, 0.05) is 18.8 Å². The molecule has 0 saturated heterocycles. The molecule has 7 heteroatoms. The summed E-state index contributed by atoms with van der Waals surface area (Å²) in [5, 5.41) is 8.80. The van der Waals surface area contributed by atoms with Crippen LogP contribution in [0.4, 0.5) is 4.39 Å². The van der Waals surface area contributed by atoms with Gasteiger partial charge in [0.1, 0.15) is 11.0 Å². The zero-order valence-corrected chi connectivity index (χ0v) is 14.5. The Balaban J connectivity index is 1.80. The summed E-state index contributed by atoms with van der Waals surface area (Å²) in [5.74, 6) is -0.445. The van der Waals surface area contributed by atoms with Gasteiger partial charge in [-0.05, 0) is 36.8 Å². The van der Waals surface area contributed by atoms with E-state index in [9.17, 15) is 9.18 Å². The van der Waals surface area contributed by atoms with Crippen LogP contribution in [-0.4, -0.2) is 25.3 Å². The first-order valence-electron chi connectivity index (χ1n) is 7.62. The molecular formula is C18H16ClFN4O. The van der Waals surface area contributed by atoms with Gasteiger partial charge in [-0.3, -0.25) is 9.48 Å². The van der Waals surface area contributed by atoms with E-state index in [0.717, 1.165) is 5.56 Å². The van der Waals surface area contributed by atoms with E-state index in [4.69, 9.17) is 11.6 Å². The first kappa shape index (κ1) is 17.1. The van der Waals surface area contributed by atoms with E-state index in [1.54, 1.807) is 40.8 Å². The van der Waals surface area contributed by atoms with Crippen LogP contribution >= 0.6 is 11.6 Å². The van der Waals surface area contributed by atoms with E-state index in [-0.39, 0.29) is 11.6 Å². The van der Waals surface area contributed by atoms with Crippen LogP contribution < -0.4 is 0 Å². The van der Waals surface area contributed by atoms with Crippen molar-refractivity contribution < 1.29 is 9.18 Å². The van der Waals surface area contributed by atoms with Gasteiger partial charge >= 0.3 is 0 Å². The number of rotatable bonds is 5. The minimum Gasteiger partial charge on any atom is -0.289 e. The molecule has 0 amide bonds. The lowest BCUT2D eigenvalue weighted by atomic mass is 10.2. The molecule has 2 aromatic heterocycles. The largest absolute Gasteiger partial charge is 0.289 e. The molecule has 128 valence electrons. The highest BCUT2D eigenvalue weighted by molar-refractivity contribution is 6.31. The summed E-state index contributed by atoms with van der Waals surface area (Å²) >= 11 is 6.39. The number of ketones is 1. The van der Waals surface area contributed by atoms with Gasteiger partial charge in [-0.1, -0.05) is 23.7 Å². The lowest BCUT2D eigenvalue weighted by Crippen LogP contribution is -2.02. The zero-order chi connectivity index (χ0) is 18.0. The summed E-state index contributed by atoms with van der Waals surface area (Å²) < 4.78 is 16.2. The van der Waals surface area contributed by atoms with Gasteiger partial charge in [-0.15, -0.1) is 0 Å². The van der Waals surface area contributed by atoms with E-state index >= 15 is 0 Å². The second-order valence-corrected chi connectivity index (χ2v) is 6.03. The van der Waals surface area contributed by atoms with Crippen molar-refractivity contribution in [1.82, 2.24) is 19.6 Å². The fourth-order valence-corrected chi connectivity index (χ4v) is 2.73. The number of aryl methyl sites for hydroxylation is 2. The van der Waals surface area contributed by atoms with Crippen LogP contribution in [0.2, 0.25) is 5.15 Å². The van der Waals surface area contributed by atoms with Gasteiger partial charge in [0.2, 0.25) is 0 Å². The number of aromatic nitrogens is 4. The minimum absolute atomic E-state index is 0.158. The predicted molar refractivity (Wildman–Crippen MR) is 94.0 cm³/mol. The van der Waals surface area contributed by atoms with Crippen molar-refractivity contribution in [2.24, 2.45) is 7.05 Å². The molecule has 3 aromatic rings. The Kier molecular flexibility index (Phi) is 4.81. The van der Waals surface area contributed by atoms with E-state index in [2.05, 4.69) is 10.2 Å². The van der Waals surface area contributed by atoms with Crippen molar-refractivity contribution in [2.75, 3.05) is 0 Å². The Bertz CT molecular complexity index is 941. The Labute approximate surface area is 149 Å². The predicted octanol–water partition coefficient (Wildman–Crippen LogP) is 3.66. The molecule has 0 aliphatic heterocycles. The molecule has 1 aromatic carbocycles. The first-order chi connectivity index (χ1) is 11.9. The third-order valence-corrected chi connectivity index (χ3v) is 4.14. The van der Waals surface area contributed by atoms with Crippen LogP contribution in [-0.2, 0) is 13.6 Å². The molecule has 5 nitrogen and oxygen atoms in total. The number of allylic oxidation sites excluding steroid dienone is 1. The standard InChI is InChI=1S/C18H16ClFN4O/c1-12-16(7-8-17(25)14-9-21-23(2)11-14)18(19)24(22-12)10-13-3-5-15(20)6-4-13/h3-9,11H,10H2,1-2H3/b8-7+. The average Bonchev–Trinajstić information content (AvgIpc) is 3.12. The highest BCUT2D eigenvalue weighted by atomic mass is 35.5. The highest BCUT2D eigenvalue weighted by Crippen LogP contribution is 2.22. The van der Waals surface area contributed by atoms with Gasteiger partial charge in [-0.25, -0.2) is 9.07 Å². The molecular weight excluding hydrogens is 343 g/mol. The average molecular weight is 359 g/mol. The summed E-state index contributed by atoms with van der Waals surface area (Å²) in [6, 6.07) is 6.16. The van der Waals surface area contributed by atoms with Gasteiger partial charge in [0.25, 0.3) is 0 Å².